The lowest BCUT2D eigenvalue weighted by Gasteiger charge is -2.38. The van der Waals surface area contributed by atoms with Crippen LogP contribution in [-0.2, 0) is 6.54 Å². The number of likely N-dealkylation sites (N-methyl/N-ethyl adjacent to an activating group) is 1. The van der Waals surface area contributed by atoms with Gasteiger partial charge in [0.2, 0.25) is 0 Å². The Morgan fingerprint density at radius 1 is 1.25 bits per heavy atom. The standard InChI is InChI=1S/C17H29N3/c1-2-19(13-11-18)15-17-10-6-7-12-20(17)14-16-8-4-3-5-9-16/h3-5,8-9,17H,2,6-7,10-15,18H2,1H3. The zero-order valence-corrected chi connectivity index (χ0v) is 12.8. The van der Waals surface area contributed by atoms with Crippen molar-refractivity contribution >= 4 is 0 Å². The third-order valence-corrected chi connectivity index (χ3v) is 4.34. The summed E-state index contributed by atoms with van der Waals surface area (Å²) < 4.78 is 0. The predicted octanol–water partition coefficient (Wildman–Crippen LogP) is 2.32. The Bertz CT molecular complexity index is 366. The van der Waals surface area contributed by atoms with Gasteiger partial charge in [-0.05, 0) is 31.5 Å². The fourth-order valence-electron chi connectivity index (χ4n) is 3.15. The largest absolute Gasteiger partial charge is 0.329 e. The second-order valence-electron chi connectivity index (χ2n) is 5.79. The highest BCUT2D eigenvalue weighted by Gasteiger charge is 2.23. The summed E-state index contributed by atoms with van der Waals surface area (Å²) in [5, 5.41) is 0. The van der Waals surface area contributed by atoms with Crippen molar-refractivity contribution in [1.29, 1.82) is 0 Å². The van der Waals surface area contributed by atoms with E-state index in [9.17, 15) is 0 Å². The average Bonchev–Trinajstić information content (AvgIpc) is 2.49. The summed E-state index contributed by atoms with van der Waals surface area (Å²) in [5.41, 5.74) is 7.14. The van der Waals surface area contributed by atoms with E-state index in [1.807, 2.05) is 0 Å². The van der Waals surface area contributed by atoms with E-state index in [1.54, 1.807) is 0 Å². The van der Waals surface area contributed by atoms with Crippen molar-refractivity contribution in [3.05, 3.63) is 35.9 Å². The Balaban J connectivity index is 1.94. The van der Waals surface area contributed by atoms with Crippen LogP contribution in [0.2, 0.25) is 0 Å². The SMILES string of the molecule is CCN(CCN)CC1CCCCN1Cc1ccccc1. The lowest BCUT2D eigenvalue weighted by atomic mass is 10.0. The van der Waals surface area contributed by atoms with Gasteiger partial charge < -0.3 is 10.6 Å². The fourth-order valence-corrected chi connectivity index (χ4v) is 3.15. The van der Waals surface area contributed by atoms with E-state index in [-0.39, 0.29) is 0 Å². The van der Waals surface area contributed by atoms with Crippen LogP contribution < -0.4 is 5.73 Å². The van der Waals surface area contributed by atoms with E-state index in [1.165, 1.54) is 37.9 Å². The van der Waals surface area contributed by atoms with Gasteiger partial charge in [0.15, 0.2) is 0 Å². The third-order valence-electron chi connectivity index (χ3n) is 4.34. The van der Waals surface area contributed by atoms with Crippen molar-refractivity contribution in [3.63, 3.8) is 0 Å². The third kappa shape index (κ3) is 4.58. The summed E-state index contributed by atoms with van der Waals surface area (Å²) in [5.74, 6) is 0. The maximum atomic E-state index is 5.71. The van der Waals surface area contributed by atoms with E-state index in [4.69, 9.17) is 5.73 Å². The molecular formula is C17H29N3. The molecule has 1 atom stereocenters. The van der Waals surface area contributed by atoms with Crippen molar-refractivity contribution in [2.45, 2.75) is 38.8 Å². The molecule has 0 spiro atoms. The van der Waals surface area contributed by atoms with Crippen LogP contribution in [0.4, 0.5) is 0 Å². The molecule has 20 heavy (non-hydrogen) atoms. The van der Waals surface area contributed by atoms with Crippen LogP contribution in [-0.4, -0.2) is 48.6 Å². The number of hydrogen-bond donors (Lipinski definition) is 1. The first-order chi connectivity index (χ1) is 9.83. The van der Waals surface area contributed by atoms with Gasteiger partial charge in [0.1, 0.15) is 0 Å². The van der Waals surface area contributed by atoms with Gasteiger partial charge in [-0.25, -0.2) is 0 Å². The Kier molecular flexibility index (Phi) is 6.51. The number of hydrogen-bond acceptors (Lipinski definition) is 3. The van der Waals surface area contributed by atoms with Gasteiger partial charge in [-0.15, -0.1) is 0 Å². The monoisotopic (exact) mass is 275 g/mol. The molecule has 1 saturated heterocycles. The number of piperidine rings is 1. The van der Waals surface area contributed by atoms with Crippen molar-refractivity contribution in [1.82, 2.24) is 9.80 Å². The van der Waals surface area contributed by atoms with Gasteiger partial charge in [-0.2, -0.15) is 0 Å². The van der Waals surface area contributed by atoms with E-state index < -0.39 is 0 Å². The number of likely N-dealkylation sites (tertiary alicyclic amines) is 1. The Morgan fingerprint density at radius 2 is 2.05 bits per heavy atom. The highest BCUT2D eigenvalue weighted by molar-refractivity contribution is 5.14. The fraction of sp³-hybridized carbons (Fsp3) is 0.647. The van der Waals surface area contributed by atoms with Gasteiger partial charge in [0.05, 0.1) is 0 Å². The zero-order valence-electron chi connectivity index (χ0n) is 12.8. The molecule has 1 aliphatic rings. The van der Waals surface area contributed by atoms with Crippen molar-refractivity contribution in [3.8, 4) is 0 Å². The van der Waals surface area contributed by atoms with Crippen LogP contribution in [0.25, 0.3) is 0 Å². The molecule has 1 aliphatic heterocycles. The number of rotatable bonds is 7. The summed E-state index contributed by atoms with van der Waals surface area (Å²) in [6.07, 6.45) is 4.04. The minimum atomic E-state index is 0.690. The van der Waals surface area contributed by atoms with Crippen LogP contribution in [0.5, 0.6) is 0 Å². The first-order valence-corrected chi connectivity index (χ1v) is 8.04. The molecule has 1 aromatic rings. The Morgan fingerprint density at radius 3 is 2.75 bits per heavy atom. The lowest BCUT2D eigenvalue weighted by Crippen LogP contribution is -2.47. The van der Waals surface area contributed by atoms with Crippen LogP contribution in [0.3, 0.4) is 0 Å². The maximum Gasteiger partial charge on any atom is 0.0237 e. The van der Waals surface area contributed by atoms with E-state index in [2.05, 4.69) is 47.1 Å². The Labute approximate surface area is 123 Å². The molecule has 0 bridgehead atoms. The molecule has 3 nitrogen and oxygen atoms in total. The Hall–Kier alpha value is -0.900. The van der Waals surface area contributed by atoms with Gasteiger partial charge in [-0.3, -0.25) is 4.90 Å². The second-order valence-corrected chi connectivity index (χ2v) is 5.79. The summed E-state index contributed by atoms with van der Waals surface area (Å²) in [4.78, 5) is 5.16. The quantitative estimate of drug-likeness (QED) is 0.829. The molecule has 1 aromatic carbocycles. The molecule has 112 valence electrons. The van der Waals surface area contributed by atoms with E-state index in [0.717, 1.165) is 26.2 Å². The van der Waals surface area contributed by atoms with Gasteiger partial charge >= 0.3 is 0 Å². The number of nitrogens with zero attached hydrogens (tertiary/aromatic N) is 2. The van der Waals surface area contributed by atoms with Crippen LogP contribution in [0.15, 0.2) is 30.3 Å². The topological polar surface area (TPSA) is 32.5 Å². The average molecular weight is 275 g/mol. The molecule has 0 saturated carbocycles. The minimum absolute atomic E-state index is 0.690. The zero-order chi connectivity index (χ0) is 14.2. The summed E-state index contributed by atoms with van der Waals surface area (Å²) >= 11 is 0. The van der Waals surface area contributed by atoms with E-state index >= 15 is 0 Å². The molecule has 0 aliphatic carbocycles. The molecule has 2 N–H and O–H groups in total. The van der Waals surface area contributed by atoms with E-state index in [0.29, 0.717) is 6.04 Å². The minimum Gasteiger partial charge on any atom is -0.329 e. The molecule has 0 amide bonds. The summed E-state index contributed by atoms with van der Waals surface area (Å²) in [6.45, 7) is 8.62. The van der Waals surface area contributed by atoms with Crippen molar-refractivity contribution in [2.24, 2.45) is 5.73 Å². The van der Waals surface area contributed by atoms with Crippen LogP contribution in [0, 0.1) is 0 Å². The molecule has 2 rings (SSSR count). The van der Waals surface area contributed by atoms with Gasteiger partial charge in [0.25, 0.3) is 0 Å². The molecule has 3 heteroatoms. The van der Waals surface area contributed by atoms with Gasteiger partial charge in [-0.1, -0.05) is 43.7 Å². The van der Waals surface area contributed by atoms with Crippen LogP contribution in [0.1, 0.15) is 31.7 Å². The molecular weight excluding hydrogens is 246 g/mol. The number of benzene rings is 1. The first kappa shape index (κ1) is 15.5. The van der Waals surface area contributed by atoms with Crippen LogP contribution >= 0.6 is 0 Å². The molecule has 1 heterocycles. The van der Waals surface area contributed by atoms with Gasteiger partial charge in [0, 0.05) is 32.2 Å². The van der Waals surface area contributed by atoms with Crippen molar-refractivity contribution < 1.29 is 0 Å². The molecule has 0 aromatic heterocycles. The highest BCUT2D eigenvalue weighted by Crippen LogP contribution is 2.20. The predicted molar refractivity (Wildman–Crippen MR) is 85.7 cm³/mol. The molecule has 0 radical (unpaired) electrons. The summed E-state index contributed by atoms with van der Waals surface area (Å²) in [6, 6.07) is 11.5. The summed E-state index contributed by atoms with van der Waals surface area (Å²) in [7, 11) is 0. The maximum absolute atomic E-state index is 5.71. The number of nitrogens with two attached hydrogens (primary N) is 1. The molecule has 1 fully saturated rings. The molecule has 1 unspecified atom stereocenters. The normalized spacial score (nSPS) is 20.4. The highest BCUT2D eigenvalue weighted by atomic mass is 15.2. The second kappa shape index (κ2) is 8.40. The first-order valence-electron chi connectivity index (χ1n) is 8.04. The smallest absolute Gasteiger partial charge is 0.0237 e. The lowest BCUT2D eigenvalue weighted by molar-refractivity contribution is 0.101. The van der Waals surface area contributed by atoms with Crippen molar-refractivity contribution in [2.75, 3.05) is 32.7 Å².